The van der Waals surface area contributed by atoms with Crippen LogP contribution in [0.2, 0.25) is 0 Å². The lowest BCUT2D eigenvalue weighted by molar-refractivity contribution is -0.696. The number of unbranched alkanes of at least 4 members (excludes halogenated alkanes) is 4. The zero-order valence-electron chi connectivity index (χ0n) is 17.6. The zero-order chi connectivity index (χ0) is 18.6. The molecule has 1 aromatic carbocycles. The number of halogens is 1. The number of pyridine rings is 1. The van der Waals surface area contributed by atoms with Crippen molar-refractivity contribution in [1.82, 2.24) is 0 Å². The first kappa shape index (κ1) is 23.7. The van der Waals surface area contributed by atoms with Crippen LogP contribution in [0.1, 0.15) is 88.1 Å². The van der Waals surface area contributed by atoms with Crippen LogP contribution >= 0.6 is 0 Å². The molecule has 0 atom stereocenters. The van der Waals surface area contributed by atoms with Gasteiger partial charge >= 0.3 is 0 Å². The normalized spacial score (nSPS) is 10.6. The molecule has 2 heteroatoms. The number of rotatable bonds is 12. The first-order valence-electron chi connectivity index (χ1n) is 10.9. The van der Waals surface area contributed by atoms with E-state index in [-0.39, 0.29) is 12.4 Å². The van der Waals surface area contributed by atoms with Crippen molar-refractivity contribution < 1.29 is 17.0 Å². The van der Waals surface area contributed by atoms with Crippen LogP contribution in [0.5, 0.6) is 0 Å². The van der Waals surface area contributed by atoms with Crippen LogP contribution in [0.15, 0.2) is 42.6 Å². The van der Waals surface area contributed by atoms with Crippen molar-refractivity contribution in [2.45, 2.75) is 91.5 Å². The van der Waals surface area contributed by atoms with Gasteiger partial charge in [0, 0.05) is 23.1 Å². The van der Waals surface area contributed by atoms with Crippen molar-refractivity contribution >= 4 is 0 Å². The molecule has 1 aromatic heterocycles. The maximum Gasteiger partial charge on any atom is 0.184 e. The highest BCUT2D eigenvalue weighted by atomic mass is 35.5. The number of aryl methyl sites for hydroxylation is 2. The highest BCUT2D eigenvalue weighted by Crippen LogP contribution is 2.17. The lowest BCUT2D eigenvalue weighted by Gasteiger charge is -2.13. The fraction of sp³-hybridized carbons (Fsp3) is 0.560. The Morgan fingerprint density at radius 1 is 0.704 bits per heavy atom. The molecular formula is C25H38ClN. The standard InChI is InChI=1S/C25H38N.ClH/c1-4-7-11-18-25-24(17-9-6-3)19-23(14-8-5-2)21-26(25)20-22-15-12-10-13-16-22;/h10,12-13,15-16,19,21H,4-9,11,14,17-18,20H2,1-3H3;1H/q+1;/p-1. The van der Waals surface area contributed by atoms with Gasteiger partial charge in [-0.3, -0.25) is 0 Å². The highest BCUT2D eigenvalue weighted by molar-refractivity contribution is 5.23. The Bertz CT molecular complexity index is 636. The second kappa shape index (κ2) is 13.8. The molecule has 0 saturated carbocycles. The first-order valence-corrected chi connectivity index (χ1v) is 10.9. The van der Waals surface area contributed by atoms with Gasteiger partial charge in [0.15, 0.2) is 18.4 Å². The predicted octanol–water partition coefficient (Wildman–Crippen LogP) is 3.44. The van der Waals surface area contributed by atoms with Crippen LogP contribution in [0.4, 0.5) is 0 Å². The van der Waals surface area contributed by atoms with Crippen molar-refractivity contribution in [3.05, 3.63) is 65.0 Å². The van der Waals surface area contributed by atoms with Crippen molar-refractivity contribution in [2.24, 2.45) is 0 Å². The zero-order valence-corrected chi connectivity index (χ0v) is 18.4. The summed E-state index contributed by atoms with van der Waals surface area (Å²) in [5, 5.41) is 0. The molecule has 1 nitrogen and oxygen atoms in total. The quantitative estimate of drug-likeness (QED) is 0.388. The van der Waals surface area contributed by atoms with Gasteiger partial charge in [-0.05, 0) is 38.2 Å². The van der Waals surface area contributed by atoms with Crippen LogP contribution < -0.4 is 17.0 Å². The van der Waals surface area contributed by atoms with Crippen molar-refractivity contribution in [3.63, 3.8) is 0 Å². The van der Waals surface area contributed by atoms with Gasteiger partial charge in [0.25, 0.3) is 0 Å². The van der Waals surface area contributed by atoms with Crippen LogP contribution in [-0.2, 0) is 25.8 Å². The third-order valence-electron chi connectivity index (χ3n) is 5.23. The molecule has 27 heavy (non-hydrogen) atoms. The summed E-state index contributed by atoms with van der Waals surface area (Å²) in [6.07, 6.45) is 15.1. The largest absolute Gasteiger partial charge is 1.00 e. The summed E-state index contributed by atoms with van der Waals surface area (Å²) >= 11 is 0. The average Bonchev–Trinajstić information content (AvgIpc) is 2.67. The van der Waals surface area contributed by atoms with Gasteiger partial charge in [-0.25, -0.2) is 0 Å². The molecule has 2 aromatic rings. The summed E-state index contributed by atoms with van der Waals surface area (Å²) < 4.78 is 2.57. The summed E-state index contributed by atoms with van der Waals surface area (Å²) in [5.74, 6) is 0. The Hall–Kier alpha value is -1.34. The van der Waals surface area contributed by atoms with Crippen LogP contribution in [0.3, 0.4) is 0 Å². The monoisotopic (exact) mass is 387 g/mol. The third kappa shape index (κ3) is 8.05. The van der Waals surface area contributed by atoms with Crippen LogP contribution in [-0.4, -0.2) is 0 Å². The summed E-state index contributed by atoms with van der Waals surface area (Å²) in [6, 6.07) is 13.5. The second-order valence-electron chi connectivity index (χ2n) is 7.60. The summed E-state index contributed by atoms with van der Waals surface area (Å²) in [7, 11) is 0. The predicted molar refractivity (Wildman–Crippen MR) is 113 cm³/mol. The van der Waals surface area contributed by atoms with Crippen molar-refractivity contribution in [3.8, 4) is 0 Å². The minimum atomic E-state index is 0. The molecule has 0 spiro atoms. The van der Waals surface area contributed by atoms with E-state index in [1.54, 1.807) is 11.3 Å². The van der Waals surface area contributed by atoms with Crippen molar-refractivity contribution in [2.75, 3.05) is 0 Å². The topological polar surface area (TPSA) is 3.88 Å². The average molecular weight is 388 g/mol. The van der Waals surface area contributed by atoms with Gasteiger partial charge in [-0.1, -0.05) is 76.8 Å². The fourth-order valence-corrected chi connectivity index (χ4v) is 3.68. The van der Waals surface area contributed by atoms with E-state index in [1.165, 1.54) is 75.3 Å². The van der Waals surface area contributed by atoms with E-state index in [0.717, 1.165) is 6.54 Å². The molecule has 2 rings (SSSR count). The lowest BCUT2D eigenvalue weighted by atomic mass is 9.98. The molecule has 0 bridgehead atoms. The molecule has 0 aliphatic carbocycles. The molecule has 150 valence electrons. The molecule has 0 radical (unpaired) electrons. The maximum atomic E-state index is 2.57. The Labute approximate surface area is 173 Å². The van der Waals surface area contributed by atoms with Gasteiger partial charge in [0.2, 0.25) is 0 Å². The van der Waals surface area contributed by atoms with E-state index in [2.05, 4.69) is 67.9 Å². The van der Waals surface area contributed by atoms with Crippen LogP contribution in [0, 0.1) is 0 Å². The summed E-state index contributed by atoms with van der Waals surface area (Å²) in [5.41, 5.74) is 6.11. The minimum absolute atomic E-state index is 0. The van der Waals surface area contributed by atoms with Gasteiger partial charge in [0.05, 0.1) is 0 Å². The van der Waals surface area contributed by atoms with E-state index in [1.807, 2.05) is 0 Å². The summed E-state index contributed by atoms with van der Waals surface area (Å²) in [6.45, 7) is 7.89. The Morgan fingerprint density at radius 2 is 1.37 bits per heavy atom. The number of hydrogen-bond donors (Lipinski definition) is 0. The third-order valence-corrected chi connectivity index (χ3v) is 5.23. The summed E-state index contributed by atoms with van der Waals surface area (Å²) in [4.78, 5) is 0. The van der Waals surface area contributed by atoms with E-state index in [9.17, 15) is 0 Å². The molecular weight excluding hydrogens is 350 g/mol. The highest BCUT2D eigenvalue weighted by Gasteiger charge is 2.18. The van der Waals surface area contributed by atoms with Gasteiger partial charge in [-0.2, -0.15) is 4.57 Å². The van der Waals surface area contributed by atoms with Crippen molar-refractivity contribution in [1.29, 1.82) is 0 Å². The Balaban J connectivity index is 0.00000364. The molecule has 0 N–H and O–H groups in total. The fourth-order valence-electron chi connectivity index (χ4n) is 3.68. The Kier molecular flexibility index (Phi) is 12.1. The van der Waals surface area contributed by atoms with Gasteiger partial charge in [-0.15, -0.1) is 0 Å². The van der Waals surface area contributed by atoms with E-state index < -0.39 is 0 Å². The molecule has 0 saturated heterocycles. The second-order valence-corrected chi connectivity index (χ2v) is 7.60. The molecule has 0 aliphatic rings. The van der Waals surface area contributed by atoms with E-state index in [4.69, 9.17) is 0 Å². The van der Waals surface area contributed by atoms with E-state index >= 15 is 0 Å². The number of nitrogens with zero attached hydrogens (tertiary/aromatic N) is 1. The molecule has 0 unspecified atom stereocenters. The lowest BCUT2D eigenvalue weighted by Crippen LogP contribution is -3.00. The van der Waals surface area contributed by atoms with Crippen LogP contribution in [0.25, 0.3) is 0 Å². The molecule has 0 aliphatic heterocycles. The number of hydrogen-bond acceptors (Lipinski definition) is 0. The Morgan fingerprint density at radius 3 is 2.04 bits per heavy atom. The maximum absolute atomic E-state index is 2.57. The number of aromatic nitrogens is 1. The van der Waals surface area contributed by atoms with Gasteiger partial charge in [0.1, 0.15) is 0 Å². The first-order chi connectivity index (χ1) is 12.8. The minimum Gasteiger partial charge on any atom is -1.00 e. The molecule has 1 heterocycles. The van der Waals surface area contributed by atoms with Gasteiger partial charge < -0.3 is 12.4 Å². The smallest absolute Gasteiger partial charge is 0.184 e. The molecule has 0 amide bonds. The molecule has 0 fully saturated rings. The number of benzene rings is 1. The SMILES string of the molecule is CCCCCc1c(CCCC)cc(CCCC)c[n+]1Cc1ccccc1.[Cl-]. The van der Waals surface area contributed by atoms with E-state index in [0.29, 0.717) is 0 Å².